The normalized spacial score (nSPS) is 48.2. The van der Waals surface area contributed by atoms with E-state index in [0.717, 1.165) is 0 Å². The number of rotatable bonds is 7. The maximum Gasteiger partial charge on any atom is 0.340 e. The summed E-state index contributed by atoms with van der Waals surface area (Å²) in [5.41, 5.74) is -3.57. The Hall–Kier alpha value is -2.08. The molecule has 5 aliphatic carbocycles. The van der Waals surface area contributed by atoms with Gasteiger partial charge in [0.25, 0.3) is 0 Å². The van der Waals surface area contributed by atoms with Crippen LogP contribution in [0.2, 0.25) is 0 Å². The summed E-state index contributed by atoms with van der Waals surface area (Å²) in [5.74, 6) is -1.54. The molecule has 6 aliphatic rings. The third-order valence-corrected chi connectivity index (χ3v) is 12.6. The molecule has 230 valence electrons. The summed E-state index contributed by atoms with van der Waals surface area (Å²) >= 11 is 0. The van der Waals surface area contributed by atoms with Gasteiger partial charge in [-0.15, -0.1) is 0 Å². The van der Waals surface area contributed by atoms with E-state index in [4.69, 9.17) is 18.9 Å². The summed E-state index contributed by atoms with van der Waals surface area (Å²) in [7, 11) is 5.05. The molecule has 1 aromatic rings. The third kappa shape index (κ3) is 3.21. The third-order valence-electron chi connectivity index (χ3n) is 12.6. The van der Waals surface area contributed by atoms with E-state index in [9.17, 15) is 19.8 Å². The fourth-order valence-electron chi connectivity index (χ4n) is 11.6. The number of methoxy groups -OCH3 is 3. The molecule has 10 nitrogen and oxygen atoms in total. The van der Waals surface area contributed by atoms with E-state index in [-0.39, 0.29) is 47.8 Å². The zero-order valence-corrected chi connectivity index (χ0v) is 25.2. The van der Waals surface area contributed by atoms with Crippen molar-refractivity contribution in [1.29, 1.82) is 0 Å². The number of aliphatic hydroxyl groups is 2. The Bertz CT molecular complexity index is 1290. The van der Waals surface area contributed by atoms with Crippen molar-refractivity contribution in [3.63, 3.8) is 0 Å². The zero-order chi connectivity index (χ0) is 29.8. The average Bonchev–Trinajstić information content (AvgIpc) is 3.39. The lowest BCUT2D eigenvalue weighted by atomic mass is 9.44. The lowest BCUT2D eigenvalue weighted by Gasteiger charge is -2.70. The van der Waals surface area contributed by atoms with Crippen LogP contribution in [0.25, 0.3) is 0 Å². The lowest BCUT2D eigenvalue weighted by Crippen LogP contribution is -2.83. The standard InChI is InChI=1S/C32H44N2O8/c1-6-34-16-29(42-28(36)18-9-7-8-10-21(18)33-17(2)35)12-11-25(40-4)31-23(29)14-20(26(31)34)30(37)15-22(39-3)19-13-24(31)32(30,38)27(19)41-5/h7-10,19-20,22-27,37-38H,6,11-16H2,1-5H3,(H,33,35)/t19-,20?,22+,23-,24+,25+,26?,27+,29-,30+,31?,32+/m1/s1. The number of anilines is 1. The van der Waals surface area contributed by atoms with Crippen LogP contribution in [-0.4, -0.2) is 103 Å². The van der Waals surface area contributed by atoms with Crippen LogP contribution in [0.5, 0.6) is 0 Å². The van der Waals surface area contributed by atoms with Gasteiger partial charge in [0.15, 0.2) is 0 Å². The maximum atomic E-state index is 14.0. The number of hydrogen-bond acceptors (Lipinski definition) is 9. The fourth-order valence-corrected chi connectivity index (χ4v) is 11.6. The van der Waals surface area contributed by atoms with E-state index >= 15 is 0 Å². The lowest BCUT2D eigenvalue weighted by molar-refractivity contribution is -0.337. The molecule has 7 rings (SSSR count). The highest BCUT2D eigenvalue weighted by molar-refractivity contribution is 6.00. The highest BCUT2D eigenvalue weighted by Gasteiger charge is 2.89. The van der Waals surface area contributed by atoms with Crippen LogP contribution in [-0.2, 0) is 23.7 Å². The number of fused-ring (bicyclic) bond motifs is 2. The highest BCUT2D eigenvalue weighted by Crippen LogP contribution is 2.79. The molecule has 3 N–H and O–H groups in total. The van der Waals surface area contributed by atoms with Crippen molar-refractivity contribution in [2.24, 2.45) is 29.1 Å². The van der Waals surface area contributed by atoms with Gasteiger partial charge in [0.05, 0.1) is 29.6 Å². The van der Waals surface area contributed by atoms with Crippen LogP contribution in [0.4, 0.5) is 5.69 Å². The molecule has 1 aromatic carbocycles. The Morgan fingerprint density at radius 2 is 1.83 bits per heavy atom. The predicted octanol–water partition coefficient (Wildman–Crippen LogP) is 2.22. The van der Waals surface area contributed by atoms with Gasteiger partial charge in [-0.05, 0) is 44.4 Å². The number of para-hydroxylation sites is 1. The molecule has 7 bridgehead atoms. The molecule has 12 atom stereocenters. The number of esters is 1. The van der Waals surface area contributed by atoms with Crippen LogP contribution in [0.3, 0.4) is 0 Å². The summed E-state index contributed by atoms with van der Waals surface area (Å²) in [5, 5.41) is 28.4. The van der Waals surface area contributed by atoms with Crippen molar-refractivity contribution in [2.75, 3.05) is 39.7 Å². The van der Waals surface area contributed by atoms with Crippen LogP contribution in [0, 0.1) is 29.1 Å². The Balaban J connectivity index is 1.38. The first kappa shape index (κ1) is 28.7. The molecule has 42 heavy (non-hydrogen) atoms. The smallest absolute Gasteiger partial charge is 0.340 e. The number of benzene rings is 1. The zero-order valence-electron chi connectivity index (χ0n) is 25.2. The van der Waals surface area contributed by atoms with Gasteiger partial charge < -0.3 is 34.5 Å². The van der Waals surface area contributed by atoms with E-state index in [1.165, 1.54) is 6.92 Å². The minimum absolute atomic E-state index is 0.0432. The summed E-state index contributed by atoms with van der Waals surface area (Å²) < 4.78 is 25.1. The Morgan fingerprint density at radius 1 is 1.07 bits per heavy atom. The molecule has 1 saturated heterocycles. The average molecular weight is 585 g/mol. The largest absolute Gasteiger partial charge is 0.454 e. The predicted molar refractivity (Wildman–Crippen MR) is 152 cm³/mol. The van der Waals surface area contributed by atoms with E-state index in [2.05, 4.69) is 17.1 Å². The summed E-state index contributed by atoms with van der Waals surface area (Å²) in [4.78, 5) is 28.3. The molecule has 0 aromatic heterocycles. The Morgan fingerprint density at radius 3 is 2.50 bits per heavy atom. The summed E-state index contributed by atoms with van der Waals surface area (Å²) in [6.45, 7) is 4.79. The number of carbonyl (C=O) groups excluding carboxylic acids is 2. The maximum absolute atomic E-state index is 14.0. The number of nitrogens with zero attached hydrogens (tertiary/aromatic N) is 1. The molecule has 3 unspecified atom stereocenters. The van der Waals surface area contributed by atoms with Crippen molar-refractivity contribution in [2.45, 2.75) is 87.1 Å². The molecule has 1 aliphatic heterocycles. The van der Waals surface area contributed by atoms with Crippen LogP contribution < -0.4 is 5.32 Å². The molecule has 1 spiro atoms. The second-order valence-corrected chi connectivity index (χ2v) is 13.7. The number of ether oxygens (including phenoxy) is 4. The van der Waals surface area contributed by atoms with Gasteiger partial charge in [-0.25, -0.2) is 4.79 Å². The van der Waals surface area contributed by atoms with Gasteiger partial charge in [0, 0.05) is 76.3 Å². The van der Waals surface area contributed by atoms with Crippen molar-refractivity contribution in [3.05, 3.63) is 29.8 Å². The minimum Gasteiger partial charge on any atom is -0.454 e. The SMILES string of the molecule is CCN1C[C@]2(OC(=O)c3ccccc3NC(C)=O)CC[C@H](OC)C34C1C(C[C@@H]32)[C@@]1(O)C[C@H](OC)[C@H]2C[C@@H]4[C@]1(O)[C@H]2OC. The first-order chi connectivity index (χ1) is 20.1. The van der Waals surface area contributed by atoms with Gasteiger partial charge in [-0.2, -0.15) is 0 Å². The number of carbonyl (C=O) groups is 2. The van der Waals surface area contributed by atoms with Crippen molar-refractivity contribution < 1.29 is 38.7 Å². The molecular weight excluding hydrogens is 540 g/mol. The molecule has 6 fully saturated rings. The monoisotopic (exact) mass is 584 g/mol. The van der Waals surface area contributed by atoms with Crippen LogP contribution in [0.1, 0.15) is 56.3 Å². The van der Waals surface area contributed by atoms with Crippen LogP contribution >= 0.6 is 0 Å². The molecule has 0 radical (unpaired) electrons. The quantitative estimate of drug-likeness (QED) is 0.414. The van der Waals surface area contributed by atoms with Gasteiger partial charge in [0.2, 0.25) is 5.91 Å². The van der Waals surface area contributed by atoms with E-state index < -0.39 is 34.3 Å². The number of likely N-dealkylation sites (N-methyl/N-ethyl adjacent to an activating group) is 1. The van der Waals surface area contributed by atoms with Gasteiger partial charge in [-0.1, -0.05) is 19.1 Å². The number of likely N-dealkylation sites (tertiary alicyclic amines) is 1. The van der Waals surface area contributed by atoms with Gasteiger partial charge in [-0.3, -0.25) is 9.69 Å². The van der Waals surface area contributed by atoms with Gasteiger partial charge in [0.1, 0.15) is 16.8 Å². The summed E-state index contributed by atoms with van der Waals surface area (Å²) in [6, 6.07) is 6.89. The Labute approximate surface area is 247 Å². The molecule has 5 saturated carbocycles. The minimum atomic E-state index is -1.48. The van der Waals surface area contributed by atoms with Crippen molar-refractivity contribution in [1.82, 2.24) is 4.90 Å². The first-order valence-corrected chi connectivity index (χ1v) is 15.4. The number of piperidine rings is 1. The second-order valence-electron chi connectivity index (χ2n) is 13.7. The van der Waals surface area contributed by atoms with Crippen molar-refractivity contribution >= 4 is 17.6 Å². The first-order valence-electron chi connectivity index (χ1n) is 15.4. The molecule has 1 heterocycles. The fraction of sp³-hybridized carbons (Fsp3) is 0.750. The van der Waals surface area contributed by atoms with E-state index in [0.29, 0.717) is 56.4 Å². The van der Waals surface area contributed by atoms with Crippen molar-refractivity contribution in [3.8, 4) is 0 Å². The second kappa shape index (κ2) is 9.46. The van der Waals surface area contributed by atoms with Gasteiger partial charge >= 0.3 is 5.97 Å². The highest BCUT2D eigenvalue weighted by atomic mass is 16.6. The van der Waals surface area contributed by atoms with E-state index in [1.807, 2.05) is 0 Å². The molecular formula is C32H44N2O8. The molecule has 10 heteroatoms. The molecule has 1 amide bonds. The van der Waals surface area contributed by atoms with Crippen LogP contribution in [0.15, 0.2) is 24.3 Å². The number of hydrogen-bond donors (Lipinski definition) is 3. The number of nitrogens with one attached hydrogen (secondary N) is 1. The summed E-state index contributed by atoms with van der Waals surface area (Å²) in [6.07, 6.45) is 1.91. The van der Waals surface area contributed by atoms with E-state index in [1.54, 1.807) is 45.6 Å². The topological polar surface area (TPSA) is 127 Å². The number of amides is 1. The Kier molecular flexibility index (Phi) is 6.46.